The quantitative estimate of drug-likeness (QED) is 0.163. The molecule has 53 heavy (non-hydrogen) atoms. The molecule has 248 valence electrons. The molecule has 1 aliphatic rings. The SMILES string of the molecule is CC1(C)c2ccccc2-c2c(-c3ccc(-c4ccc5ccc6c(-c7cccc(-c8ccc9ccccc9c8)c7)ccc7ccc4c5c76)cc3)cccc21. The smallest absolute Gasteiger partial charge is 0.0159 e. The zero-order chi connectivity index (χ0) is 35.3. The number of rotatable bonds is 4. The van der Waals surface area contributed by atoms with E-state index in [1.165, 1.54) is 110 Å². The normalized spacial score (nSPS) is 13.2. The van der Waals surface area contributed by atoms with Crippen LogP contribution in [0.15, 0.2) is 182 Å². The van der Waals surface area contributed by atoms with Crippen molar-refractivity contribution < 1.29 is 0 Å². The van der Waals surface area contributed by atoms with Crippen molar-refractivity contribution >= 4 is 43.1 Å². The summed E-state index contributed by atoms with van der Waals surface area (Å²) < 4.78 is 0. The summed E-state index contributed by atoms with van der Waals surface area (Å²) >= 11 is 0. The first kappa shape index (κ1) is 30.2. The Morgan fingerprint density at radius 3 is 1.57 bits per heavy atom. The maximum atomic E-state index is 2.35. The molecule has 0 heteroatoms. The van der Waals surface area contributed by atoms with E-state index in [9.17, 15) is 0 Å². The molecule has 0 bridgehead atoms. The van der Waals surface area contributed by atoms with Crippen LogP contribution in [0.25, 0.3) is 98.7 Å². The van der Waals surface area contributed by atoms with Crippen LogP contribution in [0.1, 0.15) is 25.0 Å². The Balaban J connectivity index is 1.02. The second kappa shape index (κ2) is 11.2. The van der Waals surface area contributed by atoms with E-state index in [1.54, 1.807) is 0 Å². The lowest BCUT2D eigenvalue weighted by Gasteiger charge is -2.21. The Morgan fingerprint density at radius 1 is 0.302 bits per heavy atom. The highest BCUT2D eigenvalue weighted by Crippen LogP contribution is 2.52. The standard InChI is InChI=1S/C53H36/c1-53(2)48-15-6-5-13-47(48)52-44(14-8-16-49(52)53)35-20-18-34(19-21-35)42-27-23-36-26-30-46-43(28-24-37-25-29-45(42)50(36)51(37)46)41-12-7-11-39(32-41)40-22-17-33-9-3-4-10-38(33)31-40/h3-32H,1-2H3. The van der Waals surface area contributed by atoms with E-state index < -0.39 is 0 Å². The summed E-state index contributed by atoms with van der Waals surface area (Å²) in [5, 5.41) is 10.4. The molecule has 0 atom stereocenters. The van der Waals surface area contributed by atoms with E-state index in [0.717, 1.165) is 0 Å². The molecule has 0 aliphatic heterocycles. The molecule has 10 aromatic carbocycles. The maximum absolute atomic E-state index is 2.35. The van der Waals surface area contributed by atoms with Gasteiger partial charge >= 0.3 is 0 Å². The zero-order valence-electron chi connectivity index (χ0n) is 29.8. The van der Waals surface area contributed by atoms with E-state index in [2.05, 4.69) is 196 Å². The monoisotopic (exact) mass is 672 g/mol. The summed E-state index contributed by atoms with van der Waals surface area (Å²) in [5.74, 6) is 0. The molecule has 11 rings (SSSR count). The van der Waals surface area contributed by atoms with Crippen molar-refractivity contribution in [3.05, 3.63) is 193 Å². The molecule has 0 nitrogen and oxygen atoms in total. The van der Waals surface area contributed by atoms with Crippen LogP contribution >= 0.6 is 0 Å². The summed E-state index contributed by atoms with van der Waals surface area (Å²) in [4.78, 5) is 0. The fourth-order valence-electron chi connectivity index (χ4n) is 9.36. The Labute approximate surface area is 310 Å². The van der Waals surface area contributed by atoms with Crippen LogP contribution in [-0.2, 0) is 5.41 Å². The Morgan fingerprint density at radius 2 is 0.811 bits per heavy atom. The lowest BCUT2D eigenvalue weighted by molar-refractivity contribution is 0.660. The van der Waals surface area contributed by atoms with Gasteiger partial charge in [0.05, 0.1) is 0 Å². The predicted molar refractivity (Wildman–Crippen MR) is 227 cm³/mol. The first-order chi connectivity index (χ1) is 26.0. The molecule has 10 aromatic rings. The third-order valence-corrected chi connectivity index (χ3v) is 12.0. The van der Waals surface area contributed by atoms with Crippen molar-refractivity contribution in [1.29, 1.82) is 0 Å². The Hall–Kier alpha value is -6.50. The third-order valence-electron chi connectivity index (χ3n) is 12.0. The van der Waals surface area contributed by atoms with Gasteiger partial charge in [-0.2, -0.15) is 0 Å². The predicted octanol–water partition coefficient (Wildman–Crippen LogP) is 14.7. The summed E-state index contributed by atoms with van der Waals surface area (Å²) in [5.41, 5.74) is 15.6. The second-order valence-corrected chi connectivity index (χ2v) is 15.3. The van der Waals surface area contributed by atoms with Gasteiger partial charge in [-0.05, 0) is 122 Å². The molecular formula is C53H36. The van der Waals surface area contributed by atoms with Crippen LogP contribution in [0.3, 0.4) is 0 Å². The fraction of sp³-hybridized carbons (Fsp3) is 0.0566. The highest BCUT2D eigenvalue weighted by Gasteiger charge is 2.36. The third kappa shape index (κ3) is 4.49. The van der Waals surface area contributed by atoms with Gasteiger partial charge in [-0.15, -0.1) is 0 Å². The summed E-state index contributed by atoms with van der Waals surface area (Å²) in [6.07, 6.45) is 0. The molecule has 0 aromatic heterocycles. The van der Waals surface area contributed by atoms with Crippen LogP contribution < -0.4 is 0 Å². The Kier molecular flexibility index (Phi) is 6.40. The van der Waals surface area contributed by atoms with Gasteiger partial charge in [0.1, 0.15) is 0 Å². The minimum Gasteiger partial charge on any atom is -0.0619 e. The lowest BCUT2D eigenvalue weighted by atomic mass is 9.82. The number of fused-ring (bicyclic) bond motifs is 4. The van der Waals surface area contributed by atoms with Crippen LogP contribution in [0, 0.1) is 0 Å². The van der Waals surface area contributed by atoms with Crippen molar-refractivity contribution in [2.75, 3.05) is 0 Å². The van der Waals surface area contributed by atoms with Gasteiger partial charge in [0.15, 0.2) is 0 Å². The van der Waals surface area contributed by atoms with Gasteiger partial charge in [0.25, 0.3) is 0 Å². The van der Waals surface area contributed by atoms with Crippen molar-refractivity contribution in [1.82, 2.24) is 0 Å². The molecule has 0 unspecified atom stereocenters. The molecule has 0 spiro atoms. The molecule has 0 amide bonds. The number of benzene rings is 10. The second-order valence-electron chi connectivity index (χ2n) is 15.3. The minimum absolute atomic E-state index is 0.0104. The van der Waals surface area contributed by atoms with Crippen LogP contribution in [0.2, 0.25) is 0 Å². The van der Waals surface area contributed by atoms with Crippen molar-refractivity contribution in [2.45, 2.75) is 19.3 Å². The largest absolute Gasteiger partial charge is 0.0619 e. The van der Waals surface area contributed by atoms with E-state index in [-0.39, 0.29) is 5.41 Å². The van der Waals surface area contributed by atoms with Gasteiger partial charge in [0, 0.05) is 5.41 Å². The molecule has 0 fully saturated rings. The van der Waals surface area contributed by atoms with E-state index in [0.29, 0.717) is 0 Å². The fourth-order valence-corrected chi connectivity index (χ4v) is 9.36. The van der Waals surface area contributed by atoms with Gasteiger partial charge in [-0.1, -0.05) is 184 Å². The molecule has 0 radical (unpaired) electrons. The average molecular weight is 673 g/mol. The van der Waals surface area contributed by atoms with Gasteiger partial charge in [0.2, 0.25) is 0 Å². The Bertz CT molecular complexity index is 3070. The molecule has 0 heterocycles. The number of hydrogen-bond acceptors (Lipinski definition) is 0. The van der Waals surface area contributed by atoms with E-state index in [1.807, 2.05) is 0 Å². The molecule has 0 N–H and O–H groups in total. The highest BCUT2D eigenvalue weighted by molar-refractivity contribution is 6.27. The van der Waals surface area contributed by atoms with Crippen LogP contribution in [-0.4, -0.2) is 0 Å². The molecule has 0 saturated carbocycles. The van der Waals surface area contributed by atoms with Crippen molar-refractivity contribution in [3.63, 3.8) is 0 Å². The van der Waals surface area contributed by atoms with E-state index >= 15 is 0 Å². The maximum Gasteiger partial charge on any atom is 0.0159 e. The summed E-state index contributed by atoms with van der Waals surface area (Å²) in [6.45, 7) is 4.70. The molecule has 1 aliphatic carbocycles. The summed E-state index contributed by atoms with van der Waals surface area (Å²) in [7, 11) is 0. The zero-order valence-corrected chi connectivity index (χ0v) is 29.8. The molecule has 0 saturated heterocycles. The topological polar surface area (TPSA) is 0 Å². The van der Waals surface area contributed by atoms with Crippen molar-refractivity contribution in [2.24, 2.45) is 0 Å². The van der Waals surface area contributed by atoms with Gasteiger partial charge < -0.3 is 0 Å². The first-order valence-corrected chi connectivity index (χ1v) is 18.7. The van der Waals surface area contributed by atoms with E-state index in [4.69, 9.17) is 0 Å². The average Bonchev–Trinajstić information content (AvgIpc) is 3.45. The highest BCUT2D eigenvalue weighted by atomic mass is 14.4. The number of hydrogen-bond donors (Lipinski definition) is 0. The summed E-state index contributed by atoms with van der Waals surface area (Å²) in [6, 6.07) is 67.9. The first-order valence-electron chi connectivity index (χ1n) is 18.7. The lowest BCUT2D eigenvalue weighted by Crippen LogP contribution is -2.14. The van der Waals surface area contributed by atoms with Gasteiger partial charge in [-0.25, -0.2) is 0 Å². The van der Waals surface area contributed by atoms with Crippen LogP contribution in [0.5, 0.6) is 0 Å². The minimum atomic E-state index is -0.0104. The van der Waals surface area contributed by atoms with Crippen LogP contribution in [0.4, 0.5) is 0 Å². The van der Waals surface area contributed by atoms with Gasteiger partial charge in [-0.3, -0.25) is 0 Å². The van der Waals surface area contributed by atoms with Crippen molar-refractivity contribution in [3.8, 4) is 55.6 Å². The molecular weight excluding hydrogens is 637 g/mol.